The summed E-state index contributed by atoms with van der Waals surface area (Å²) in [4.78, 5) is 12.1. The highest BCUT2D eigenvalue weighted by molar-refractivity contribution is 6.05. The molecule has 0 atom stereocenters. The van der Waals surface area contributed by atoms with Crippen LogP contribution in [-0.4, -0.2) is 22.7 Å². The van der Waals surface area contributed by atoms with Gasteiger partial charge in [-0.3, -0.25) is 9.89 Å². The summed E-state index contributed by atoms with van der Waals surface area (Å²) in [5, 5.41) is 9.36. The number of carbonyl (C=O) groups excluding carboxylic acids is 1. The molecule has 98 valence electrons. The monoisotopic (exact) mass is 258 g/mol. The maximum atomic E-state index is 12.1. The number of ether oxygens (including phenoxy) is 1. The molecule has 1 amide bonds. The predicted molar refractivity (Wildman–Crippen MR) is 71.3 cm³/mol. The van der Waals surface area contributed by atoms with E-state index in [1.54, 1.807) is 13.0 Å². The Labute approximate surface area is 110 Å². The van der Waals surface area contributed by atoms with Crippen molar-refractivity contribution in [2.75, 3.05) is 17.7 Å². The zero-order valence-electron chi connectivity index (χ0n) is 10.5. The molecule has 1 aliphatic rings. The number of H-pyrrole nitrogens is 1. The van der Waals surface area contributed by atoms with E-state index in [-0.39, 0.29) is 5.91 Å². The number of nitrogens with two attached hydrogens (primary N) is 1. The summed E-state index contributed by atoms with van der Waals surface area (Å²) >= 11 is 0. The highest BCUT2D eigenvalue weighted by Gasteiger charge is 2.16. The Balaban J connectivity index is 1.83. The SMILES string of the molecule is Cc1[nH]nc(NC(=O)c2ccc3c(c2)CCO3)c1N. The fourth-order valence-corrected chi connectivity index (χ4v) is 2.04. The van der Waals surface area contributed by atoms with Crippen LogP contribution in [0.25, 0.3) is 0 Å². The first-order valence-corrected chi connectivity index (χ1v) is 6.02. The van der Waals surface area contributed by atoms with Gasteiger partial charge in [0.05, 0.1) is 18.0 Å². The molecule has 1 aromatic heterocycles. The van der Waals surface area contributed by atoms with Gasteiger partial charge in [0.15, 0.2) is 5.82 Å². The van der Waals surface area contributed by atoms with Crippen molar-refractivity contribution in [3.63, 3.8) is 0 Å². The fourth-order valence-electron chi connectivity index (χ4n) is 2.04. The molecule has 2 heterocycles. The number of amides is 1. The molecule has 0 bridgehead atoms. The van der Waals surface area contributed by atoms with E-state index < -0.39 is 0 Å². The molecule has 0 fully saturated rings. The second-order valence-corrected chi connectivity index (χ2v) is 4.49. The van der Waals surface area contributed by atoms with Gasteiger partial charge in [-0.1, -0.05) is 0 Å². The van der Waals surface area contributed by atoms with Crippen molar-refractivity contribution in [1.29, 1.82) is 0 Å². The highest BCUT2D eigenvalue weighted by Crippen LogP contribution is 2.26. The highest BCUT2D eigenvalue weighted by atomic mass is 16.5. The molecule has 19 heavy (non-hydrogen) atoms. The smallest absolute Gasteiger partial charge is 0.256 e. The van der Waals surface area contributed by atoms with Crippen LogP contribution in [0.1, 0.15) is 21.6 Å². The minimum atomic E-state index is -0.229. The molecule has 0 radical (unpaired) electrons. The van der Waals surface area contributed by atoms with Gasteiger partial charge in [0.2, 0.25) is 0 Å². The van der Waals surface area contributed by atoms with E-state index in [0.717, 1.165) is 23.4 Å². The van der Waals surface area contributed by atoms with Crippen LogP contribution in [-0.2, 0) is 6.42 Å². The second-order valence-electron chi connectivity index (χ2n) is 4.49. The van der Waals surface area contributed by atoms with Crippen LogP contribution in [0.5, 0.6) is 5.75 Å². The van der Waals surface area contributed by atoms with Gasteiger partial charge in [-0.25, -0.2) is 0 Å². The molecular formula is C13H14N4O2. The number of aromatic nitrogens is 2. The summed E-state index contributed by atoms with van der Waals surface area (Å²) in [6.07, 6.45) is 0.833. The van der Waals surface area contributed by atoms with Gasteiger partial charge < -0.3 is 15.8 Å². The number of hydrogen-bond donors (Lipinski definition) is 3. The molecule has 0 unspecified atom stereocenters. The zero-order valence-corrected chi connectivity index (χ0v) is 10.5. The number of anilines is 2. The first-order valence-electron chi connectivity index (χ1n) is 6.02. The Morgan fingerprint density at radius 1 is 1.53 bits per heavy atom. The van der Waals surface area contributed by atoms with Gasteiger partial charge in [0.1, 0.15) is 5.75 Å². The summed E-state index contributed by atoms with van der Waals surface area (Å²) < 4.78 is 5.40. The number of aryl methyl sites for hydroxylation is 1. The van der Waals surface area contributed by atoms with Crippen LogP contribution >= 0.6 is 0 Å². The molecule has 4 N–H and O–H groups in total. The topological polar surface area (TPSA) is 93.0 Å². The Morgan fingerprint density at radius 3 is 3.11 bits per heavy atom. The quantitative estimate of drug-likeness (QED) is 0.760. The van der Waals surface area contributed by atoms with Crippen LogP contribution in [0.15, 0.2) is 18.2 Å². The number of benzene rings is 1. The number of carbonyl (C=O) groups is 1. The molecule has 6 heteroatoms. The number of nitrogens with one attached hydrogen (secondary N) is 2. The Bertz CT molecular complexity index is 648. The maximum absolute atomic E-state index is 12.1. The molecule has 3 rings (SSSR count). The van der Waals surface area contributed by atoms with E-state index in [1.807, 2.05) is 12.1 Å². The van der Waals surface area contributed by atoms with E-state index in [0.29, 0.717) is 23.7 Å². The number of rotatable bonds is 2. The van der Waals surface area contributed by atoms with E-state index in [4.69, 9.17) is 10.5 Å². The van der Waals surface area contributed by atoms with Gasteiger partial charge in [-0.2, -0.15) is 5.10 Å². The second kappa shape index (κ2) is 4.31. The first-order chi connectivity index (χ1) is 9.15. The Morgan fingerprint density at radius 2 is 2.37 bits per heavy atom. The first kappa shape index (κ1) is 11.6. The van der Waals surface area contributed by atoms with Gasteiger partial charge in [-0.15, -0.1) is 0 Å². The molecular weight excluding hydrogens is 244 g/mol. The molecule has 0 spiro atoms. The minimum Gasteiger partial charge on any atom is -0.493 e. The van der Waals surface area contributed by atoms with Crippen molar-refractivity contribution >= 4 is 17.4 Å². The fraction of sp³-hybridized carbons (Fsp3) is 0.231. The van der Waals surface area contributed by atoms with E-state index in [9.17, 15) is 4.79 Å². The van der Waals surface area contributed by atoms with Crippen molar-refractivity contribution in [3.05, 3.63) is 35.0 Å². The summed E-state index contributed by atoms with van der Waals surface area (Å²) in [5.74, 6) is 0.985. The van der Waals surface area contributed by atoms with Crippen LogP contribution in [0.4, 0.5) is 11.5 Å². The standard InChI is InChI=1S/C13H14N4O2/c1-7-11(14)12(17-16-7)15-13(18)9-2-3-10-8(6-9)4-5-19-10/h2-3,6H,4-5,14H2,1H3,(H2,15,16,17,18). The lowest BCUT2D eigenvalue weighted by atomic mass is 10.1. The molecule has 1 aliphatic heterocycles. The maximum Gasteiger partial charge on any atom is 0.256 e. The van der Waals surface area contributed by atoms with Crippen molar-refractivity contribution in [1.82, 2.24) is 10.2 Å². The number of nitrogen functional groups attached to an aromatic ring is 1. The molecule has 1 aromatic carbocycles. The van der Waals surface area contributed by atoms with Gasteiger partial charge in [0.25, 0.3) is 5.91 Å². The van der Waals surface area contributed by atoms with Gasteiger partial charge in [0, 0.05) is 12.0 Å². The van der Waals surface area contributed by atoms with Crippen LogP contribution in [0.3, 0.4) is 0 Å². The lowest BCUT2D eigenvalue weighted by molar-refractivity contribution is 0.102. The third-order valence-electron chi connectivity index (χ3n) is 3.18. The third-order valence-corrected chi connectivity index (χ3v) is 3.18. The predicted octanol–water partition coefficient (Wildman–Crippen LogP) is 1.49. The lowest BCUT2D eigenvalue weighted by Crippen LogP contribution is -2.13. The summed E-state index contributed by atoms with van der Waals surface area (Å²) in [6.45, 7) is 2.47. The van der Waals surface area contributed by atoms with Crippen molar-refractivity contribution in [2.24, 2.45) is 0 Å². The van der Waals surface area contributed by atoms with Crippen LogP contribution in [0.2, 0.25) is 0 Å². The zero-order chi connectivity index (χ0) is 13.4. The normalized spacial score (nSPS) is 12.9. The van der Waals surface area contributed by atoms with Crippen molar-refractivity contribution in [2.45, 2.75) is 13.3 Å². The molecule has 0 saturated carbocycles. The Hall–Kier alpha value is -2.50. The number of hydrogen-bond acceptors (Lipinski definition) is 4. The summed E-state index contributed by atoms with van der Waals surface area (Å²) in [6, 6.07) is 5.39. The van der Waals surface area contributed by atoms with E-state index in [1.165, 1.54) is 0 Å². The lowest BCUT2D eigenvalue weighted by Gasteiger charge is -2.05. The van der Waals surface area contributed by atoms with Crippen molar-refractivity contribution < 1.29 is 9.53 Å². The largest absolute Gasteiger partial charge is 0.493 e. The van der Waals surface area contributed by atoms with E-state index in [2.05, 4.69) is 15.5 Å². The summed E-state index contributed by atoms with van der Waals surface area (Å²) in [5.41, 5.74) is 8.61. The average molecular weight is 258 g/mol. The molecule has 0 saturated heterocycles. The van der Waals surface area contributed by atoms with Gasteiger partial charge >= 0.3 is 0 Å². The number of aromatic amines is 1. The Kier molecular flexibility index (Phi) is 2.63. The summed E-state index contributed by atoms with van der Waals surface area (Å²) in [7, 11) is 0. The van der Waals surface area contributed by atoms with Gasteiger partial charge in [-0.05, 0) is 30.7 Å². The number of fused-ring (bicyclic) bond motifs is 1. The van der Waals surface area contributed by atoms with Crippen LogP contribution in [0, 0.1) is 6.92 Å². The number of nitrogens with zero attached hydrogens (tertiary/aromatic N) is 1. The molecule has 2 aromatic rings. The third kappa shape index (κ3) is 2.01. The average Bonchev–Trinajstić information content (AvgIpc) is 2.99. The van der Waals surface area contributed by atoms with Crippen molar-refractivity contribution in [3.8, 4) is 5.75 Å². The van der Waals surface area contributed by atoms with E-state index >= 15 is 0 Å². The van der Waals surface area contributed by atoms with Crippen LogP contribution < -0.4 is 15.8 Å². The molecule has 0 aliphatic carbocycles. The minimum absolute atomic E-state index is 0.229. The molecule has 6 nitrogen and oxygen atoms in total.